The van der Waals surface area contributed by atoms with Crippen molar-refractivity contribution >= 4 is 5.91 Å². The van der Waals surface area contributed by atoms with E-state index in [0.717, 1.165) is 24.1 Å². The van der Waals surface area contributed by atoms with E-state index in [1.54, 1.807) is 12.5 Å². The van der Waals surface area contributed by atoms with Gasteiger partial charge in [-0.3, -0.25) is 9.89 Å². The number of imidazole rings is 1. The van der Waals surface area contributed by atoms with Crippen LogP contribution in [-0.2, 0) is 30.6 Å². The molecule has 2 N–H and O–H groups in total. The molecule has 6 heteroatoms. The number of carbonyl (C=O) groups is 1. The Hall–Kier alpha value is -2.89. The lowest BCUT2D eigenvalue weighted by Crippen LogP contribution is -2.31. The number of nitrogens with one attached hydrogen (secondary N) is 2. The number of rotatable bonds is 7. The molecule has 3 aromatic rings. The maximum absolute atomic E-state index is 12.6. The zero-order chi connectivity index (χ0) is 18.5. The Morgan fingerprint density at radius 1 is 1.22 bits per heavy atom. The van der Waals surface area contributed by atoms with Gasteiger partial charge in [-0.15, -0.1) is 0 Å². The van der Waals surface area contributed by atoms with E-state index in [0.29, 0.717) is 19.4 Å². The summed E-state index contributed by atoms with van der Waals surface area (Å²) in [6, 6.07) is 10.00. The molecule has 2 aromatic heterocycles. The van der Waals surface area contributed by atoms with Gasteiger partial charge in [0.2, 0.25) is 5.91 Å². The van der Waals surface area contributed by atoms with E-state index < -0.39 is 0 Å². The van der Waals surface area contributed by atoms with E-state index in [-0.39, 0.29) is 11.9 Å². The molecule has 1 aliphatic rings. The fourth-order valence-electron chi connectivity index (χ4n) is 3.78. The Balaban J connectivity index is 1.40. The molecule has 0 radical (unpaired) electrons. The zero-order valence-corrected chi connectivity index (χ0v) is 15.4. The molecular weight excluding hydrogens is 338 g/mol. The SMILES string of the molecule is O=C(CCc1n[nH]c2c1CCCC2)NC(Cn1ccnc1)c1ccccc1. The van der Waals surface area contributed by atoms with Crippen molar-refractivity contribution in [1.29, 1.82) is 0 Å². The van der Waals surface area contributed by atoms with E-state index in [4.69, 9.17) is 0 Å². The average molecular weight is 363 g/mol. The van der Waals surface area contributed by atoms with Crippen molar-refractivity contribution in [3.8, 4) is 0 Å². The standard InChI is InChI=1S/C21H25N5O/c27-21(11-10-19-17-8-4-5-9-18(17)24-25-19)23-20(14-26-13-12-22-15-26)16-6-2-1-3-7-16/h1-3,6-7,12-13,15,20H,4-5,8-11,14H2,(H,23,27)(H,24,25). The molecule has 1 unspecified atom stereocenters. The third kappa shape index (κ3) is 4.27. The first kappa shape index (κ1) is 17.5. The lowest BCUT2D eigenvalue weighted by Gasteiger charge is -2.20. The predicted molar refractivity (Wildman–Crippen MR) is 103 cm³/mol. The first-order chi connectivity index (χ1) is 13.3. The van der Waals surface area contributed by atoms with Gasteiger partial charge in [-0.05, 0) is 36.8 Å². The van der Waals surface area contributed by atoms with Crippen molar-refractivity contribution in [3.63, 3.8) is 0 Å². The number of carbonyl (C=O) groups excluding carboxylic acids is 1. The van der Waals surface area contributed by atoms with Gasteiger partial charge in [-0.2, -0.15) is 5.10 Å². The number of benzene rings is 1. The van der Waals surface area contributed by atoms with Crippen molar-refractivity contribution in [2.24, 2.45) is 0 Å². The molecule has 1 aliphatic carbocycles. The van der Waals surface area contributed by atoms with E-state index in [1.165, 1.54) is 24.1 Å². The Bertz CT molecular complexity index is 869. The summed E-state index contributed by atoms with van der Waals surface area (Å²) in [5.74, 6) is 0.0523. The van der Waals surface area contributed by atoms with Crippen LogP contribution < -0.4 is 5.32 Å². The van der Waals surface area contributed by atoms with Crippen molar-refractivity contribution in [3.05, 3.63) is 71.6 Å². The molecular formula is C21H25N5O. The quantitative estimate of drug-likeness (QED) is 0.678. The third-order valence-electron chi connectivity index (χ3n) is 5.22. The van der Waals surface area contributed by atoms with E-state index in [2.05, 4.69) is 20.5 Å². The molecule has 0 saturated heterocycles. The molecule has 0 saturated carbocycles. The van der Waals surface area contributed by atoms with Crippen molar-refractivity contribution in [1.82, 2.24) is 25.1 Å². The number of fused-ring (bicyclic) bond motifs is 1. The number of aryl methyl sites for hydroxylation is 2. The molecule has 0 spiro atoms. The summed E-state index contributed by atoms with van der Waals surface area (Å²) in [7, 11) is 0. The fourth-order valence-corrected chi connectivity index (χ4v) is 3.78. The second-order valence-electron chi connectivity index (χ2n) is 7.12. The largest absolute Gasteiger partial charge is 0.347 e. The Labute approximate surface area is 159 Å². The molecule has 0 bridgehead atoms. The van der Waals surface area contributed by atoms with Gasteiger partial charge in [-0.25, -0.2) is 4.98 Å². The second-order valence-corrected chi connectivity index (χ2v) is 7.12. The third-order valence-corrected chi connectivity index (χ3v) is 5.22. The molecule has 27 heavy (non-hydrogen) atoms. The highest BCUT2D eigenvalue weighted by atomic mass is 16.1. The molecule has 4 rings (SSSR count). The Morgan fingerprint density at radius 2 is 2.07 bits per heavy atom. The average Bonchev–Trinajstić information content (AvgIpc) is 3.36. The van der Waals surface area contributed by atoms with Crippen LogP contribution in [0.3, 0.4) is 0 Å². The predicted octanol–water partition coefficient (Wildman–Crippen LogP) is 2.98. The van der Waals surface area contributed by atoms with Crippen LogP contribution in [0.5, 0.6) is 0 Å². The molecule has 0 fully saturated rings. The van der Waals surface area contributed by atoms with E-state index in [9.17, 15) is 4.79 Å². The smallest absolute Gasteiger partial charge is 0.220 e. The summed E-state index contributed by atoms with van der Waals surface area (Å²) in [5, 5.41) is 10.8. The number of amides is 1. The first-order valence-electron chi connectivity index (χ1n) is 9.64. The molecule has 140 valence electrons. The Morgan fingerprint density at radius 3 is 2.89 bits per heavy atom. The van der Waals surface area contributed by atoms with Gasteiger partial charge in [0.25, 0.3) is 0 Å². The van der Waals surface area contributed by atoms with Crippen LogP contribution in [-0.4, -0.2) is 25.7 Å². The number of H-pyrrole nitrogens is 1. The minimum absolute atomic E-state index is 0.0523. The summed E-state index contributed by atoms with van der Waals surface area (Å²) >= 11 is 0. The lowest BCUT2D eigenvalue weighted by atomic mass is 9.94. The fraction of sp³-hybridized carbons (Fsp3) is 0.381. The van der Waals surface area contributed by atoms with Crippen molar-refractivity contribution in [2.75, 3.05) is 0 Å². The van der Waals surface area contributed by atoms with Crippen LogP contribution in [0, 0.1) is 0 Å². The van der Waals surface area contributed by atoms with Gasteiger partial charge in [0, 0.05) is 37.5 Å². The van der Waals surface area contributed by atoms with Gasteiger partial charge >= 0.3 is 0 Å². The van der Waals surface area contributed by atoms with Gasteiger partial charge in [-0.1, -0.05) is 30.3 Å². The van der Waals surface area contributed by atoms with Gasteiger partial charge in [0.1, 0.15) is 0 Å². The number of hydrogen-bond donors (Lipinski definition) is 2. The number of aromatic nitrogens is 4. The van der Waals surface area contributed by atoms with Crippen LogP contribution >= 0.6 is 0 Å². The molecule has 1 atom stereocenters. The highest BCUT2D eigenvalue weighted by molar-refractivity contribution is 5.76. The minimum Gasteiger partial charge on any atom is -0.347 e. The van der Waals surface area contributed by atoms with Crippen LogP contribution in [0.4, 0.5) is 0 Å². The summed E-state index contributed by atoms with van der Waals surface area (Å²) in [4.78, 5) is 16.7. The lowest BCUT2D eigenvalue weighted by molar-refractivity contribution is -0.121. The van der Waals surface area contributed by atoms with Gasteiger partial charge in [0.15, 0.2) is 0 Å². The summed E-state index contributed by atoms with van der Waals surface area (Å²) in [6.07, 6.45) is 11.2. The van der Waals surface area contributed by atoms with Gasteiger partial charge in [0.05, 0.1) is 18.1 Å². The molecule has 2 heterocycles. The molecule has 1 aromatic carbocycles. The minimum atomic E-state index is -0.0824. The van der Waals surface area contributed by atoms with E-state index in [1.807, 2.05) is 41.1 Å². The number of aromatic amines is 1. The Kier molecular flexibility index (Phi) is 5.32. The molecule has 1 amide bonds. The van der Waals surface area contributed by atoms with E-state index >= 15 is 0 Å². The summed E-state index contributed by atoms with van der Waals surface area (Å²) < 4.78 is 1.99. The monoisotopic (exact) mass is 363 g/mol. The maximum atomic E-state index is 12.6. The number of hydrogen-bond acceptors (Lipinski definition) is 3. The van der Waals surface area contributed by atoms with Crippen LogP contribution in [0.25, 0.3) is 0 Å². The highest BCUT2D eigenvalue weighted by Crippen LogP contribution is 2.23. The second kappa shape index (κ2) is 8.20. The number of nitrogens with zero attached hydrogens (tertiary/aromatic N) is 3. The van der Waals surface area contributed by atoms with Gasteiger partial charge < -0.3 is 9.88 Å². The van der Waals surface area contributed by atoms with Crippen molar-refractivity contribution in [2.45, 2.75) is 51.1 Å². The summed E-state index contributed by atoms with van der Waals surface area (Å²) in [5.41, 5.74) is 4.76. The van der Waals surface area contributed by atoms with Crippen molar-refractivity contribution < 1.29 is 4.79 Å². The zero-order valence-electron chi connectivity index (χ0n) is 15.4. The normalized spacial score (nSPS) is 14.5. The van der Waals surface area contributed by atoms with Crippen LogP contribution in [0.15, 0.2) is 49.1 Å². The first-order valence-corrected chi connectivity index (χ1v) is 9.64. The molecule has 0 aliphatic heterocycles. The molecule has 6 nitrogen and oxygen atoms in total. The summed E-state index contributed by atoms with van der Waals surface area (Å²) in [6.45, 7) is 0.660. The maximum Gasteiger partial charge on any atom is 0.220 e. The topological polar surface area (TPSA) is 75.6 Å². The highest BCUT2D eigenvalue weighted by Gasteiger charge is 2.19. The van der Waals surface area contributed by atoms with Crippen LogP contribution in [0.1, 0.15) is 47.8 Å². The van der Waals surface area contributed by atoms with Crippen LogP contribution in [0.2, 0.25) is 0 Å².